The minimum atomic E-state index is -0.499. The first kappa shape index (κ1) is 43.1. The van der Waals surface area contributed by atoms with Gasteiger partial charge >= 0.3 is 5.97 Å². The summed E-state index contributed by atoms with van der Waals surface area (Å²) >= 11 is 0. The summed E-state index contributed by atoms with van der Waals surface area (Å²) in [5.74, 6) is 0.983. The van der Waals surface area contributed by atoms with E-state index in [2.05, 4.69) is 105 Å². The number of carbonyl (C=O) groups excluding carboxylic acids is 2. The molecule has 4 aromatic rings. The molecule has 1 aliphatic carbocycles. The first-order valence-electron chi connectivity index (χ1n) is 19.4. The second-order valence-electron chi connectivity index (χ2n) is 14.6. The smallest absolute Gasteiger partial charge is 0.335 e. The van der Waals surface area contributed by atoms with Gasteiger partial charge in [-0.25, -0.2) is 4.79 Å². The summed E-state index contributed by atoms with van der Waals surface area (Å²) in [6, 6.07) is 32.3. The van der Waals surface area contributed by atoms with E-state index in [1.54, 1.807) is 0 Å². The van der Waals surface area contributed by atoms with Gasteiger partial charge in [0.05, 0.1) is 18.8 Å². The number of aliphatic hydroxyl groups is 2. The van der Waals surface area contributed by atoms with Gasteiger partial charge in [-0.15, -0.1) is 6.58 Å². The number of rotatable bonds is 17. The van der Waals surface area contributed by atoms with Crippen LogP contribution in [0.5, 0.6) is 0 Å². The van der Waals surface area contributed by atoms with Gasteiger partial charge in [-0.1, -0.05) is 117 Å². The van der Waals surface area contributed by atoms with Crippen molar-refractivity contribution in [3.63, 3.8) is 0 Å². The molecule has 1 unspecified atom stereocenters. The molecule has 284 valence electrons. The average Bonchev–Trinajstić information content (AvgIpc) is 3.20. The van der Waals surface area contributed by atoms with Crippen LogP contribution in [0.4, 0.5) is 0 Å². The number of hydrogen-bond donors (Lipinski definition) is 2. The normalized spacial score (nSPS) is 15.6. The van der Waals surface area contributed by atoms with Crippen LogP contribution in [-0.4, -0.2) is 43.3 Å². The molecule has 0 heterocycles. The summed E-state index contributed by atoms with van der Waals surface area (Å²) < 4.78 is 5.47. The van der Waals surface area contributed by atoms with Crippen LogP contribution in [0.25, 0.3) is 21.9 Å². The molecule has 1 saturated carbocycles. The highest BCUT2D eigenvalue weighted by atomic mass is 16.5. The van der Waals surface area contributed by atoms with Crippen molar-refractivity contribution in [1.29, 1.82) is 0 Å². The Kier molecular flexibility index (Phi) is 19.0. The molecule has 0 bridgehead atoms. The Labute approximate surface area is 318 Å². The molecule has 5 nitrogen and oxygen atoms in total. The number of carbonyl (C=O) groups is 2. The zero-order valence-electron chi connectivity index (χ0n) is 32.5. The minimum Gasteiger partial charge on any atom is -0.462 e. The lowest BCUT2D eigenvalue weighted by atomic mass is 9.75. The molecule has 0 radical (unpaired) electrons. The molecular weight excluding hydrogens is 657 g/mol. The molecule has 0 spiro atoms. The van der Waals surface area contributed by atoms with Crippen LogP contribution in [0, 0.1) is 11.8 Å². The summed E-state index contributed by atoms with van der Waals surface area (Å²) in [6.45, 7) is 14.0. The molecule has 5 heteroatoms. The fraction of sp³-hybridized carbons (Fsp3) is 0.417. The van der Waals surface area contributed by atoms with Crippen molar-refractivity contribution in [2.24, 2.45) is 11.8 Å². The molecule has 1 fully saturated rings. The van der Waals surface area contributed by atoms with E-state index >= 15 is 0 Å². The van der Waals surface area contributed by atoms with Crippen LogP contribution in [-0.2, 0) is 33.6 Å². The summed E-state index contributed by atoms with van der Waals surface area (Å²) in [5.41, 5.74) is 9.47. The van der Waals surface area contributed by atoms with Crippen LogP contribution in [0.3, 0.4) is 0 Å². The van der Waals surface area contributed by atoms with Crippen molar-refractivity contribution >= 4 is 23.5 Å². The van der Waals surface area contributed by atoms with Crippen molar-refractivity contribution in [2.75, 3.05) is 20.3 Å². The van der Waals surface area contributed by atoms with Crippen molar-refractivity contribution < 1.29 is 24.5 Å². The van der Waals surface area contributed by atoms with Crippen LogP contribution in [0.1, 0.15) is 99.8 Å². The van der Waals surface area contributed by atoms with Gasteiger partial charge in [-0.2, -0.15) is 0 Å². The Morgan fingerprint density at radius 3 is 1.89 bits per heavy atom. The lowest BCUT2D eigenvalue weighted by Crippen LogP contribution is -2.21. The maximum atomic E-state index is 12.0. The van der Waals surface area contributed by atoms with E-state index in [0.29, 0.717) is 18.4 Å². The third kappa shape index (κ3) is 13.9. The Morgan fingerprint density at radius 1 is 0.755 bits per heavy atom. The van der Waals surface area contributed by atoms with Crippen molar-refractivity contribution in [1.82, 2.24) is 0 Å². The molecule has 53 heavy (non-hydrogen) atoms. The summed E-state index contributed by atoms with van der Waals surface area (Å²) in [4.78, 5) is 20.0. The topological polar surface area (TPSA) is 83.8 Å². The number of aliphatic hydroxyl groups excluding tert-OH is 2. The van der Waals surface area contributed by atoms with E-state index in [1.165, 1.54) is 95.5 Å². The number of hydrogen-bond acceptors (Lipinski definition) is 5. The maximum absolute atomic E-state index is 12.0. The Balaban J connectivity index is 0.00000183. The molecule has 0 aliphatic heterocycles. The number of esters is 1. The predicted octanol–water partition coefficient (Wildman–Crippen LogP) is 10.8. The van der Waals surface area contributed by atoms with E-state index in [9.17, 15) is 9.90 Å². The number of ether oxygens (including phenoxy) is 1. The third-order valence-corrected chi connectivity index (χ3v) is 10.5. The fourth-order valence-corrected chi connectivity index (χ4v) is 7.58. The standard InChI is InChI=1S/C46H56O3.CH4O.CH2O/c1-5-6-7-8-35-11-18-40(19-12-35)41-20-13-36(14-21-41)9-10-38-17-24-45-30-44(26-25-43(45)29-38)42-22-15-37(16-23-42)28-39(27-33(2)3)32-49-46(48)34(4)31-47;2*1-2/h11-14,17-21,24-26,29-30,37,39,42,47H,2,4-10,15-16,22-23,27-28,31-32H2,1,3H3;2H,1H3;1H2. The third-order valence-electron chi connectivity index (χ3n) is 10.5. The highest BCUT2D eigenvalue weighted by Crippen LogP contribution is 2.40. The van der Waals surface area contributed by atoms with Gasteiger partial charge in [-0.05, 0) is 133 Å². The zero-order chi connectivity index (χ0) is 38.6. The van der Waals surface area contributed by atoms with Gasteiger partial charge in [0.25, 0.3) is 0 Å². The first-order chi connectivity index (χ1) is 25.8. The number of aryl methyl sites for hydroxylation is 3. The molecule has 0 saturated heterocycles. The molecule has 2 N–H and O–H groups in total. The average molecular weight is 719 g/mol. The minimum absolute atomic E-state index is 0.109. The summed E-state index contributed by atoms with van der Waals surface area (Å²) in [6.07, 6.45) is 13.8. The lowest BCUT2D eigenvalue weighted by Gasteiger charge is -2.31. The molecular formula is C48H62O5. The lowest BCUT2D eigenvalue weighted by molar-refractivity contribution is -0.141. The van der Waals surface area contributed by atoms with Crippen LogP contribution in [0.15, 0.2) is 109 Å². The van der Waals surface area contributed by atoms with E-state index in [1.807, 2.05) is 13.7 Å². The van der Waals surface area contributed by atoms with Crippen LogP contribution < -0.4 is 0 Å². The molecule has 0 aromatic heterocycles. The Hall–Kier alpha value is -4.32. The largest absolute Gasteiger partial charge is 0.462 e. The summed E-state index contributed by atoms with van der Waals surface area (Å²) in [5, 5.41) is 18.8. The van der Waals surface area contributed by atoms with Crippen molar-refractivity contribution in [3.05, 3.63) is 131 Å². The Morgan fingerprint density at radius 2 is 1.30 bits per heavy atom. The van der Waals surface area contributed by atoms with Gasteiger partial charge in [0, 0.05) is 7.11 Å². The number of fused-ring (bicyclic) bond motifs is 1. The summed E-state index contributed by atoms with van der Waals surface area (Å²) in [7, 11) is 1.00. The number of allylic oxidation sites excluding steroid dienone is 1. The number of unbranched alkanes of at least 4 members (excludes halogenated alkanes) is 2. The van der Waals surface area contributed by atoms with Crippen molar-refractivity contribution in [3.8, 4) is 11.1 Å². The van der Waals surface area contributed by atoms with E-state index in [-0.39, 0.29) is 18.1 Å². The monoisotopic (exact) mass is 718 g/mol. The molecule has 0 amide bonds. The van der Waals surface area contributed by atoms with Gasteiger partial charge in [0.15, 0.2) is 0 Å². The highest BCUT2D eigenvalue weighted by Gasteiger charge is 2.26. The fourth-order valence-electron chi connectivity index (χ4n) is 7.58. The first-order valence-corrected chi connectivity index (χ1v) is 19.4. The molecule has 1 atom stereocenters. The van der Waals surface area contributed by atoms with Gasteiger partial charge in [-0.3, -0.25) is 0 Å². The predicted molar refractivity (Wildman–Crippen MR) is 221 cm³/mol. The second-order valence-corrected chi connectivity index (χ2v) is 14.6. The van der Waals surface area contributed by atoms with E-state index < -0.39 is 5.97 Å². The Bertz CT molecular complexity index is 1700. The van der Waals surface area contributed by atoms with Crippen LogP contribution in [0.2, 0.25) is 0 Å². The molecule has 5 rings (SSSR count). The van der Waals surface area contributed by atoms with Crippen LogP contribution >= 0.6 is 0 Å². The van der Waals surface area contributed by atoms with E-state index in [0.717, 1.165) is 38.4 Å². The van der Waals surface area contributed by atoms with Crippen molar-refractivity contribution in [2.45, 2.75) is 96.8 Å². The zero-order valence-corrected chi connectivity index (χ0v) is 32.5. The number of benzene rings is 4. The SMILES string of the molecule is C=C(C)CC(COC(=O)C(=C)CO)CC1CCC(c2ccc3cc(CCc4ccc(-c5ccc(CCCCC)cc5)cc4)ccc3c2)CC1.C=O.CO. The molecule has 4 aromatic carbocycles. The van der Waals surface area contributed by atoms with Gasteiger partial charge < -0.3 is 19.7 Å². The van der Waals surface area contributed by atoms with E-state index in [4.69, 9.17) is 14.6 Å². The molecule has 1 aliphatic rings. The maximum Gasteiger partial charge on any atom is 0.335 e. The van der Waals surface area contributed by atoms with Gasteiger partial charge in [0.1, 0.15) is 6.79 Å². The van der Waals surface area contributed by atoms with Gasteiger partial charge in [0.2, 0.25) is 0 Å². The second kappa shape index (κ2) is 23.4. The quantitative estimate of drug-likeness (QED) is 0.0491. The highest BCUT2D eigenvalue weighted by molar-refractivity contribution is 5.88.